The van der Waals surface area contributed by atoms with Crippen LogP contribution in [0.5, 0.6) is 0 Å². The third-order valence-corrected chi connectivity index (χ3v) is 3.41. The number of fused-ring (bicyclic) bond motifs is 1. The molecule has 0 radical (unpaired) electrons. The van der Waals surface area contributed by atoms with Gasteiger partial charge in [-0.3, -0.25) is 24.5 Å². The molecule has 1 aliphatic heterocycles. The van der Waals surface area contributed by atoms with Gasteiger partial charge in [0.2, 0.25) is 11.9 Å². The highest BCUT2D eigenvalue weighted by atomic mass is 16.5. The van der Waals surface area contributed by atoms with Crippen LogP contribution in [0.15, 0.2) is 23.3 Å². The topological polar surface area (TPSA) is 122 Å². The SMILES string of the molecule is CC(C)C(=O)Nc1nc2c(ncn2[C@@H]2C=C[C@H](O)CO2)c(=O)[nH]1. The molecule has 0 saturated heterocycles. The summed E-state index contributed by atoms with van der Waals surface area (Å²) in [6.07, 6.45) is 3.52. The highest BCUT2D eigenvalue weighted by Gasteiger charge is 2.20. The molecule has 2 aromatic rings. The summed E-state index contributed by atoms with van der Waals surface area (Å²) < 4.78 is 7.06. The van der Waals surface area contributed by atoms with Crippen LogP contribution in [0.4, 0.5) is 5.95 Å². The zero-order chi connectivity index (χ0) is 16.6. The molecule has 9 heteroatoms. The van der Waals surface area contributed by atoms with E-state index in [9.17, 15) is 14.7 Å². The Hall–Kier alpha value is -2.52. The number of anilines is 1. The molecule has 0 unspecified atom stereocenters. The summed E-state index contributed by atoms with van der Waals surface area (Å²) in [5.74, 6) is -0.440. The van der Waals surface area contributed by atoms with Crippen LogP contribution < -0.4 is 10.9 Å². The quantitative estimate of drug-likeness (QED) is 0.693. The van der Waals surface area contributed by atoms with Crippen LogP contribution in [0.1, 0.15) is 20.1 Å². The molecule has 3 heterocycles. The second kappa shape index (κ2) is 5.94. The Morgan fingerprint density at radius 2 is 2.30 bits per heavy atom. The average Bonchev–Trinajstić information content (AvgIpc) is 2.92. The molecule has 23 heavy (non-hydrogen) atoms. The van der Waals surface area contributed by atoms with E-state index in [1.54, 1.807) is 30.6 Å². The van der Waals surface area contributed by atoms with Crippen molar-refractivity contribution in [3.63, 3.8) is 0 Å². The van der Waals surface area contributed by atoms with Gasteiger partial charge >= 0.3 is 0 Å². The lowest BCUT2D eigenvalue weighted by Crippen LogP contribution is -2.24. The Labute approximate surface area is 131 Å². The molecule has 1 aliphatic rings. The number of H-pyrrole nitrogens is 1. The molecule has 9 nitrogen and oxygen atoms in total. The minimum Gasteiger partial charge on any atom is -0.387 e. The standard InChI is InChI=1S/C14H17N5O4/c1-7(2)12(21)17-14-16-11-10(13(22)18-14)15-6-19(11)9-4-3-8(20)5-23-9/h3-4,6-9,20H,5H2,1-2H3,(H2,16,17,18,21,22)/t8-,9-/m0/s1. The van der Waals surface area contributed by atoms with E-state index < -0.39 is 17.9 Å². The van der Waals surface area contributed by atoms with Crippen molar-refractivity contribution in [1.82, 2.24) is 19.5 Å². The zero-order valence-electron chi connectivity index (χ0n) is 12.7. The molecule has 122 valence electrons. The lowest BCUT2D eigenvalue weighted by Gasteiger charge is -2.21. The van der Waals surface area contributed by atoms with E-state index in [0.29, 0.717) is 5.65 Å². The lowest BCUT2D eigenvalue weighted by atomic mass is 10.2. The highest BCUT2D eigenvalue weighted by molar-refractivity contribution is 5.91. The molecule has 0 fully saturated rings. The number of hydrogen-bond acceptors (Lipinski definition) is 6. The summed E-state index contributed by atoms with van der Waals surface area (Å²) in [6.45, 7) is 3.62. The second-order valence-electron chi connectivity index (χ2n) is 5.56. The number of carbonyl (C=O) groups is 1. The van der Waals surface area contributed by atoms with Crippen molar-refractivity contribution in [1.29, 1.82) is 0 Å². The fraction of sp³-hybridized carbons (Fsp3) is 0.429. The van der Waals surface area contributed by atoms with E-state index in [0.717, 1.165) is 0 Å². The van der Waals surface area contributed by atoms with Crippen LogP contribution in [0.2, 0.25) is 0 Å². The van der Waals surface area contributed by atoms with Gasteiger partial charge in [-0.2, -0.15) is 4.98 Å². The number of aliphatic hydroxyl groups is 1. The number of nitrogens with one attached hydrogen (secondary N) is 2. The Balaban J connectivity index is 2.01. The molecule has 0 bridgehead atoms. The maximum absolute atomic E-state index is 12.1. The van der Waals surface area contributed by atoms with Crippen LogP contribution in [0.25, 0.3) is 11.2 Å². The highest BCUT2D eigenvalue weighted by Crippen LogP contribution is 2.20. The van der Waals surface area contributed by atoms with E-state index in [1.165, 1.54) is 6.33 Å². The molecular formula is C14H17N5O4. The molecule has 0 saturated carbocycles. The summed E-state index contributed by atoms with van der Waals surface area (Å²) in [5.41, 5.74) is -0.0119. The van der Waals surface area contributed by atoms with Gasteiger partial charge in [0, 0.05) is 5.92 Å². The van der Waals surface area contributed by atoms with Crippen molar-refractivity contribution < 1.29 is 14.6 Å². The average molecular weight is 319 g/mol. The molecule has 1 amide bonds. The largest absolute Gasteiger partial charge is 0.387 e. The molecule has 0 aromatic carbocycles. The fourth-order valence-electron chi connectivity index (χ4n) is 2.14. The van der Waals surface area contributed by atoms with Gasteiger partial charge in [-0.15, -0.1) is 0 Å². The first-order valence-electron chi connectivity index (χ1n) is 7.21. The van der Waals surface area contributed by atoms with Crippen molar-refractivity contribution >= 4 is 23.0 Å². The summed E-state index contributed by atoms with van der Waals surface area (Å²) in [6, 6.07) is 0. The number of ether oxygens (including phenoxy) is 1. The first-order chi connectivity index (χ1) is 11.0. The van der Waals surface area contributed by atoms with E-state index in [-0.39, 0.29) is 29.9 Å². The Morgan fingerprint density at radius 1 is 1.52 bits per heavy atom. The Morgan fingerprint density at radius 3 is 2.96 bits per heavy atom. The molecule has 2 atom stereocenters. The summed E-state index contributed by atoms with van der Waals surface area (Å²) in [7, 11) is 0. The molecule has 2 aromatic heterocycles. The predicted octanol–water partition coefficient (Wildman–Crippen LogP) is 0.160. The number of hydrogen-bond donors (Lipinski definition) is 3. The Kier molecular flexibility index (Phi) is 3.97. The number of amides is 1. The molecule has 0 spiro atoms. The number of aromatic amines is 1. The minimum atomic E-state index is -0.654. The summed E-state index contributed by atoms with van der Waals surface area (Å²) in [5, 5.41) is 12.0. The van der Waals surface area contributed by atoms with Gasteiger partial charge in [-0.05, 0) is 6.08 Å². The first-order valence-corrected chi connectivity index (χ1v) is 7.21. The first kappa shape index (κ1) is 15.4. The van der Waals surface area contributed by atoms with Gasteiger partial charge < -0.3 is 9.84 Å². The smallest absolute Gasteiger partial charge is 0.280 e. The molecular weight excluding hydrogens is 302 g/mol. The maximum Gasteiger partial charge on any atom is 0.280 e. The van der Waals surface area contributed by atoms with Gasteiger partial charge in [-0.25, -0.2) is 4.98 Å². The van der Waals surface area contributed by atoms with Crippen LogP contribution in [0, 0.1) is 5.92 Å². The van der Waals surface area contributed by atoms with E-state index in [2.05, 4.69) is 20.3 Å². The lowest BCUT2D eigenvalue weighted by molar-refractivity contribution is -0.118. The van der Waals surface area contributed by atoms with E-state index in [1.807, 2.05) is 0 Å². The number of aliphatic hydroxyl groups excluding tert-OH is 1. The number of imidazole rings is 1. The van der Waals surface area contributed by atoms with Crippen LogP contribution in [0.3, 0.4) is 0 Å². The van der Waals surface area contributed by atoms with Gasteiger partial charge in [0.1, 0.15) is 0 Å². The van der Waals surface area contributed by atoms with Gasteiger partial charge in [0.25, 0.3) is 5.56 Å². The number of carbonyl (C=O) groups excluding carboxylic acids is 1. The van der Waals surface area contributed by atoms with Crippen molar-refractivity contribution in [2.24, 2.45) is 5.92 Å². The predicted molar refractivity (Wildman–Crippen MR) is 81.8 cm³/mol. The number of aromatic nitrogens is 4. The van der Waals surface area contributed by atoms with Gasteiger partial charge in [-0.1, -0.05) is 19.9 Å². The fourth-order valence-corrected chi connectivity index (χ4v) is 2.14. The summed E-state index contributed by atoms with van der Waals surface area (Å²) in [4.78, 5) is 34.6. The van der Waals surface area contributed by atoms with Crippen molar-refractivity contribution in [3.8, 4) is 0 Å². The normalized spacial score (nSPS) is 21.0. The van der Waals surface area contributed by atoms with Gasteiger partial charge in [0.15, 0.2) is 17.4 Å². The third-order valence-electron chi connectivity index (χ3n) is 3.41. The van der Waals surface area contributed by atoms with E-state index >= 15 is 0 Å². The summed E-state index contributed by atoms with van der Waals surface area (Å²) >= 11 is 0. The number of nitrogens with zero attached hydrogens (tertiary/aromatic N) is 3. The zero-order valence-corrected chi connectivity index (χ0v) is 12.7. The van der Waals surface area contributed by atoms with E-state index in [4.69, 9.17) is 4.74 Å². The van der Waals surface area contributed by atoms with Crippen LogP contribution in [-0.4, -0.2) is 43.2 Å². The third kappa shape index (κ3) is 3.01. The molecule has 3 N–H and O–H groups in total. The second-order valence-corrected chi connectivity index (χ2v) is 5.56. The van der Waals surface area contributed by atoms with Crippen LogP contribution >= 0.6 is 0 Å². The molecule has 3 rings (SSSR count). The number of rotatable bonds is 3. The van der Waals surface area contributed by atoms with Crippen LogP contribution in [-0.2, 0) is 9.53 Å². The minimum absolute atomic E-state index is 0.0581. The maximum atomic E-state index is 12.1. The van der Waals surface area contributed by atoms with Crippen molar-refractivity contribution in [2.45, 2.75) is 26.2 Å². The van der Waals surface area contributed by atoms with Crippen molar-refractivity contribution in [2.75, 3.05) is 11.9 Å². The van der Waals surface area contributed by atoms with Gasteiger partial charge in [0.05, 0.1) is 19.0 Å². The Bertz CT molecular complexity index is 822. The monoisotopic (exact) mass is 319 g/mol. The molecule has 0 aliphatic carbocycles. The van der Waals surface area contributed by atoms with Crippen molar-refractivity contribution in [3.05, 3.63) is 28.8 Å².